The highest BCUT2D eigenvalue weighted by atomic mass is 16.2. The van der Waals surface area contributed by atoms with Crippen molar-refractivity contribution >= 4 is 11.8 Å². The topological polar surface area (TPSA) is 106 Å². The van der Waals surface area contributed by atoms with Gasteiger partial charge < -0.3 is 10.6 Å². The molecular weight excluding hydrogens is 280 g/mol. The Morgan fingerprint density at radius 2 is 1.27 bits per heavy atom. The van der Waals surface area contributed by atoms with Crippen LogP contribution in [-0.2, 0) is 0 Å². The summed E-state index contributed by atoms with van der Waals surface area (Å²) >= 11 is 0. The molecule has 2 amide bonds. The van der Waals surface area contributed by atoms with Crippen molar-refractivity contribution < 1.29 is 9.59 Å². The quantitative estimate of drug-likeness (QED) is 0.883. The van der Waals surface area contributed by atoms with Gasteiger partial charge in [-0.25, -0.2) is 0 Å². The molecule has 2 N–H and O–H groups in total. The number of amides is 2. The Morgan fingerprint density at radius 3 is 1.59 bits per heavy atom. The van der Waals surface area contributed by atoms with Gasteiger partial charge in [-0.2, -0.15) is 10.5 Å². The van der Waals surface area contributed by atoms with Gasteiger partial charge in [0.1, 0.15) is 11.1 Å². The van der Waals surface area contributed by atoms with Crippen molar-refractivity contribution in [2.75, 3.05) is 0 Å². The summed E-state index contributed by atoms with van der Waals surface area (Å²) in [5, 5.41) is 23.0. The van der Waals surface area contributed by atoms with Gasteiger partial charge in [0.25, 0.3) is 11.8 Å². The van der Waals surface area contributed by atoms with Crippen molar-refractivity contribution in [1.29, 1.82) is 10.5 Å². The Labute approximate surface area is 129 Å². The molecule has 1 rings (SSSR count). The SMILES string of the molecule is CC(C)(C#N)NC(=O)c1cccc(C(=O)NC(C)(C)C#N)c1. The van der Waals surface area contributed by atoms with Crippen LogP contribution in [0.1, 0.15) is 48.4 Å². The van der Waals surface area contributed by atoms with Crippen LogP contribution in [0.25, 0.3) is 0 Å². The summed E-state index contributed by atoms with van der Waals surface area (Å²) in [4.78, 5) is 24.2. The summed E-state index contributed by atoms with van der Waals surface area (Å²) in [7, 11) is 0. The van der Waals surface area contributed by atoms with Crippen LogP contribution in [0.5, 0.6) is 0 Å². The lowest BCUT2D eigenvalue weighted by atomic mass is 10.0. The summed E-state index contributed by atoms with van der Waals surface area (Å²) in [6.45, 7) is 6.32. The van der Waals surface area contributed by atoms with Crippen molar-refractivity contribution in [2.45, 2.75) is 38.8 Å². The summed E-state index contributed by atoms with van der Waals surface area (Å²) in [5.74, 6) is -0.888. The predicted octanol–water partition coefficient (Wildman–Crippen LogP) is 1.75. The van der Waals surface area contributed by atoms with Gasteiger partial charge in [-0.1, -0.05) is 6.07 Å². The van der Waals surface area contributed by atoms with E-state index in [1.54, 1.807) is 45.9 Å². The number of carbonyl (C=O) groups excluding carboxylic acids is 2. The zero-order chi connectivity index (χ0) is 17.0. The minimum Gasteiger partial charge on any atom is -0.334 e. The van der Waals surface area contributed by atoms with E-state index < -0.39 is 22.9 Å². The third-order valence-corrected chi connectivity index (χ3v) is 2.80. The molecule has 0 aliphatic rings. The van der Waals surface area contributed by atoms with Gasteiger partial charge in [0.2, 0.25) is 0 Å². The lowest BCUT2D eigenvalue weighted by Gasteiger charge is -2.19. The van der Waals surface area contributed by atoms with Crippen LogP contribution >= 0.6 is 0 Å². The Balaban J connectivity index is 2.96. The first-order valence-corrected chi connectivity index (χ1v) is 6.68. The molecule has 0 bridgehead atoms. The number of hydrogen-bond acceptors (Lipinski definition) is 4. The average Bonchev–Trinajstić information content (AvgIpc) is 2.46. The number of hydrogen-bond donors (Lipinski definition) is 2. The molecule has 0 spiro atoms. The van der Waals surface area contributed by atoms with E-state index >= 15 is 0 Å². The molecule has 0 fully saturated rings. The second-order valence-electron chi connectivity index (χ2n) is 5.96. The van der Waals surface area contributed by atoms with Gasteiger partial charge in [0.05, 0.1) is 12.1 Å². The minimum atomic E-state index is -1.00. The molecule has 114 valence electrons. The van der Waals surface area contributed by atoms with Crippen LogP contribution in [0.3, 0.4) is 0 Å². The lowest BCUT2D eigenvalue weighted by Crippen LogP contribution is -2.43. The number of nitrogens with one attached hydrogen (secondary N) is 2. The molecule has 0 saturated heterocycles. The fourth-order valence-electron chi connectivity index (χ4n) is 1.57. The second kappa shape index (κ2) is 6.28. The van der Waals surface area contributed by atoms with Crippen LogP contribution in [0.2, 0.25) is 0 Å². The monoisotopic (exact) mass is 298 g/mol. The molecule has 0 aliphatic heterocycles. The summed E-state index contributed by atoms with van der Waals surface area (Å²) in [6.07, 6.45) is 0. The summed E-state index contributed by atoms with van der Waals surface area (Å²) in [5.41, 5.74) is -1.47. The third-order valence-electron chi connectivity index (χ3n) is 2.80. The minimum absolute atomic E-state index is 0.269. The van der Waals surface area contributed by atoms with Crippen molar-refractivity contribution in [3.63, 3.8) is 0 Å². The predicted molar refractivity (Wildman–Crippen MR) is 80.8 cm³/mol. The molecule has 0 atom stereocenters. The summed E-state index contributed by atoms with van der Waals surface area (Å²) < 4.78 is 0. The highest BCUT2D eigenvalue weighted by Gasteiger charge is 2.23. The van der Waals surface area contributed by atoms with Crippen LogP contribution in [0, 0.1) is 22.7 Å². The van der Waals surface area contributed by atoms with Crippen molar-refractivity contribution in [2.24, 2.45) is 0 Å². The first-order chi connectivity index (χ1) is 10.1. The van der Waals surface area contributed by atoms with Gasteiger partial charge in [0, 0.05) is 11.1 Å². The van der Waals surface area contributed by atoms with Gasteiger partial charge in [-0.15, -0.1) is 0 Å². The first kappa shape index (κ1) is 17.2. The summed E-state index contributed by atoms with van der Waals surface area (Å²) in [6, 6.07) is 10.0. The van der Waals surface area contributed by atoms with Crippen molar-refractivity contribution in [1.82, 2.24) is 10.6 Å². The number of carbonyl (C=O) groups is 2. The van der Waals surface area contributed by atoms with Crippen LogP contribution in [0.15, 0.2) is 24.3 Å². The Morgan fingerprint density at radius 1 is 0.909 bits per heavy atom. The number of benzene rings is 1. The molecule has 1 aromatic carbocycles. The van der Waals surface area contributed by atoms with Crippen LogP contribution in [0.4, 0.5) is 0 Å². The van der Waals surface area contributed by atoms with E-state index in [9.17, 15) is 9.59 Å². The molecule has 22 heavy (non-hydrogen) atoms. The Bertz CT molecular complexity index is 623. The molecule has 0 saturated carbocycles. The van der Waals surface area contributed by atoms with Gasteiger partial charge in [-0.3, -0.25) is 9.59 Å². The zero-order valence-electron chi connectivity index (χ0n) is 13.0. The van der Waals surface area contributed by atoms with E-state index in [-0.39, 0.29) is 11.1 Å². The smallest absolute Gasteiger partial charge is 0.252 e. The lowest BCUT2D eigenvalue weighted by molar-refractivity contribution is 0.0928. The molecule has 0 heterocycles. The maximum atomic E-state index is 12.1. The van der Waals surface area contributed by atoms with E-state index in [4.69, 9.17) is 10.5 Å². The number of nitrogens with zero attached hydrogens (tertiary/aromatic N) is 2. The molecule has 0 radical (unpaired) electrons. The molecule has 6 heteroatoms. The highest BCUT2D eigenvalue weighted by Crippen LogP contribution is 2.10. The van der Waals surface area contributed by atoms with E-state index in [1.807, 2.05) is 12.1 Å². The van der Waals surface area contributed by atoms with E-state index in [2.05, 4.69) is 10.6 Å². The largest absolute Gasteiger partial charge is 0.334 e. The van der Waals surface area contributed by atoms with E-state index in [0.717, 1.165) is 0 Å². The molecule has 6 nitrogen and oxygen atoms in total. The fourth-order valence-corrected chi connectivity index (χ4v) is 1.57. The van der Waals surface area contributed by atoms with Crippen molar-refractivity contribution in [3.8, 4) is 12.1 Å². The van der Waals surface area contributed by atoms with Crippen molar-refractivity contribution in [3.05, 3.63) is 35.4 Å². The molecular formula is C16H18N4O2. The number of nitriles is 2. The van der Waals surface area contributed by atoms with Crippen LogP contribution < -0.4 is 10.6 Å². The standard InChI is InChI=1S/C16H18N4O2/c1-15(2,9-17)19-13(21)11-6-5-7-12(8-11)14(22)20-16(3,4)10-18/h5-8H,1-4H3,(H,19,21)(H,20,22). The molecule has 0 aliphatic carbocycles. The van der Waals surface area contributed by atoms with Gasteiger partial charge in [-0.05, 0) is 45.9 Å². The van der Waals surface area contributed by atoms with Gasteiger partial charge in [0.15, 0.2) is 0 Å². The van der Waals surface area contributed by atoms with Gasteiger partial charge >= 0.3 is 0 Å². The maximum absolute atomic E-state index is 12.1. The first-order valence-electron chi connectivity index (χ1n) is 6.68. The number of rotatable bonds is 4. The second-order valence-corrected chi connectivity index (χ2v) is 5.96. The maximum Gasteiger partial charge on any atom is 0.252 e. The average molecular weight is 298 g/mol. The molecule has 1 aromatic rings. The van der Waals surface area contributed by atoms with E-state index in [1.165, 1.54) is 6.07 Å². The zero-order valence-corrected chi connectivity index (χ0v) is 13.0. The molecule has 0 aromatic heterocycles. The van der Waals surface area contributed by atoms with E-state index in [0.29, 0.717) is 0 Å². The third kappa shape index (κ3) is 4.60. The highest BCUT2D eigenvalue weighted by molar-refractivity contribution is 6.00. The normalized spacial score (nSPS) is 11.0. The fraction of sp³-hybridized carbons (Fsp3) is 0.375. The van der Waals surface area contributed by atoms with Crippen LogP contribution in [-0.4, -0.2) is 22.9 Å². The molecule has 0 unspecified atom stereocenters. The Hall–Kier alpha value is -2.86. The Kier molecular flexibility index (Phi) is 4.90.